The lowest BCUT2D eigenvalue weighted by Crippen LogP contribution is -2.47. The molecule has 0 spiro atoms. The van der Waals surface area contributed by atoms with Crippen molar-refractivity contribution in [2.45, 2.75) is 5.92 Å². The van der Waals surface area contributed by atoms with Crippen LogP contribution in [0.2, 0.25) is 0 Å². The molecule has 5 nitrogen and oxygen atoms in total. The highest BCUT2D eigenvalue weighted by atomic mass is 19.1. The summed E-state index contributed by atoms with van der Waals surface area (Å²) in [6, 6.07) is 12.0. The topological polar surface area (TPSA) is 101 Å². The van der Waals surface area contributed by atoms with Crippen molar-refractivity contribution in [2.75, 3.05) is 20.1 Å². The monoisotopic (exact) mass is 333 g/mol. The van der Waals surface area contributed by atoms with Gasteiger partial charge in [0.15, 0.2) is 5.41 Å². The van der Waals surface area contributed by atoms with E-state index in [1.54, 1.807) is 12.1 Å². The minimum Gasteiger partial charge on any atom is -0.399 e. The van der Waals surface area contributed by atoms with E-state index < -0.39 is 17.2 Å². The van der Waals surface area contributed by atoms with Crippen LogP contribution in [0.3, 0.4) is 0 Å². The third-order valence-electron chi connectivity index (χ3n) is 5.08. The van der Waals surface area contributed by atoms with Crippen molar-refractivity contribution >= 4 is 0 Å². The fraction of sp³-hybridized carbons (Fsp3) is 0.316. The zero-order chi connectivity index (χ0) is 18.2. The van der Waals surface area contributed by atoms with Gasteiger partial charge in [-0.25, -0.2) is 4.39 Å². The summed E-state index contributed by atoms with van der Waals surface area (Å²) in [7, 11) is 1.93. The van der Waals surface area contributed by atoms with Gasteiger partial charge in [-0.2, -0.15) is 15.8 Å². The van der Waals surface area contributed by atoms with Crippen LogP contribution in [0.25, 0.3) is 0 Å². The predicted molar refractivity (Wildman–Crippen MR) is 88.7 cm³/mol. The second-order valence-corrected chi connectivity index (χ2v) is 6.45. The van der Waals surface area contributed by atoms with E-state index in [9.17, 15) is 20.2 Å². The number of allylic oxidation sites excluding steroid dienone is 2. The van der Waals surface area contributed by atoms with E-state index in [1.807, 2.05) is 13.1 Å². The van der Waals surface area contributed by atoms with E-state index in [0.29, 0.717) is 18.7 Å². The predicted octanol–water partition coefficient (Wildman–Crippen LogP) is 2.18. The fourth-order valence-corrected chi connectivity index (χ4v) is 3.87. The van der Waals surface area contributed by atoms with Crippen LogP contribution in [-0.2, 0) is 0 Å². The largest absolute Gasteiger partial charge is 0.399 e. The molecule has 1 aliphatic carbocycles. The summed E-state index contributed by atoms with van der Waals surface area (Å²) < 4.78 is 13.4. The Labute approximate surface area is 145 Å². The first-order valence-electron chi connectivity index (χ1n) is 7.85. The van der Waals surface area contributed by atoms with Crippen LogP contribution >= 0.6 is 0 Å². The highest BCUT2D eigenvalue weighted by molar-refractivity contribution is 5.59. The van der Waals surface area contributed by atoms with Crippen LogP contribution in [0.4, 0.5) is 4.39 Å². The third-order valence-corrected chi connectivity index (χ3v) is 5.08. The Balaban J connectivity index is 2.32. The summed E-state index contributed by atoms with van der Waals surface area (Å²) in [6.07, 6.45) is 1.93. The van der Waals surface area contributed by atoms with Crippen molar-refractivity contribution < 1.29 is 4.39 Å². The van der Waals surface area contributed by atoms with Gasteiger partial charge in [-0.3, -0.25) is 0 Å². The van der Waals surface area contributed by atoms with E-state index in [2.05, 4.69) is 23.1 Å². The molecule has 0 radical (unpaired) electrons. The van der Waals surface area contributed by atoms with Gasteiger partial charge in [-0.05, 0) is 30.3 Å². The molecule has 1 heterocycles. The molecule has 6 heteroatoms. The minimum absolute atomic E-state index is 0.0126. The summed E-state index contributed by atoms with van der Waals surface area (Å²) in [5.74, 6) is -1.21. The van der Waals surface area contributed by atoms with E-state index in [0.717, 1.165) is 5.57 Å². The van der Waals surface area contributed by atoms with Crippen LogP contribution in [0.1, 0.15) is 11.5 Å². The molecule has 0 saturated carbocycles. The number of hydrogen-bond acceptors (Lipinski definition) is 5. The Morgan fingerprint density at radius 3 is 2.40 bits per heavy atom. The van der Waals surface area contributed by atoms with Crippen molar-refractivity contribution in [3.05, 3.63) is 58.6 Å². The maximum absolute atomic E-state index is 13.4. The van der Waals surface area contributed by atoms with E-state index in [-0.39, 0.29) is 17.2 Å². The number of hydrogen-bond donors (Lipinski definition) is 1. The molecule has 0 aromatic heterocycles. The number of likely N-dealkylation sites (N-methyl/N-ethyl adjacent to an activating group) is 1. The standard InChI is InChI=1S/C19H16FN5/c1-25-7-6-14-15(8-21)18(24)19(10-22,11-23)17(16(14)9-25)12-2-4-13(20)5-3-12/h2-6,16-17H,7,9,24H2,1H3/t16-,17-/m0/s1. The van der Waals surface area contributed by atoms with Crippen LogP contribution in [0.5, 0.6) is 0 Å². The molecule has 1 aromatic rings. The number of nitriles is 3. The highest BCUT2D eigenvalue weighted by Crippen LogP contribution is 2.53. The lowest BCUT2D eigenvalue weighted by atomic mass is 9.58. The van der Waals surface area contributed by atoms with Crippen molar-refractivity contribution in [3.8, 4) is 18.2 Å². The molecule has 1 aromatic carbocycles. The van der Waals surface area contributed by atoms with E-state index in [1.165, 1.54) is 12.1 Å². The van der Waals surface area contributed by atoms with Crippen LogP contribution in [-0.4, -0.2) is 25.0 Å². The van der Waals surface area contributed by atoms with Gasteiger partial charge in [0.05, 0.1) is 23.4 Å². The van der Waals surface area contributed by atoms with Gasteiger partial charge >= 0.3 is 0 Å². The molecule has 0 unspecified atom stereocenters. The SMILES string of the molecule is CN1CC=C2C(C#N)=C(N)C(C#N)(C#N)[C@@H](c3ccc(F)cc3)[C@H]2C1. The van der Waals surface area contributed by atoms with Crippen LogP contribution in [0.15, 0.2) is 47.2 Å². The lowest BCUT2D eigenvalue weighted by molar-refractivity contribution is 0.237. The van der Waals surface area contributed by atoms with Gasteiger partial charge in [-0.1, -0.05) is 18.2 Å². The zero-order valence-corrected chi connectivity index (χ0v) is 13.7. The highest BCUT2D eigenvalue weighted by Gasteiger charge is 2.54. The Morgan fingerprint density at radius 2 is 1.84 bits per heavy atom. The Morgan fingerprint density at radius 1 is 1.20 bits per heavy atom. The zero-order valence-electron chi connectivity index (χ0n) is 13.7. The first kappa shape index (κ1) is 16.7. The number of rotatable bonds is 1. The molecule has 0 amide bonds. The second-order valence-electron chi connectivity index (χ2n) is 6.45. The fourth-order valence-electron chi connectivity index (χ4n) is 3.87. The summed E-state index contributed by atoms with van der Waals surface area (Å²) in [5, 5.41) is 29.3. The van der Waals surface area contributed by atoms with E-state index >= 15 is 0 Å². The summed E-state index contributed by atoms with van der Waals surface area (Å²) in [5.41, 5.74) is 6.15. The maximum Gasteiger partial charge on any atom is 0.191 e. The average Bonchev–Trinajstić information content (AvgIpc) is 2.62. The second kappa shape index (κ2) is 6.06. The van der Waals surface area contributed by atoms with Crippen molar-refractivity contribution in [2.24, 2.45) is 17.1 Å². The molecule has 0 saturated heterocycles. The molecule has 2 N–H and O–H groups in total. The van der Waals surface area contributed by atoms with Gasteiger partial charge in [0.2, 0.25) is 0 Å². The van der Waals surface area contributed by atoms with Gasteiger partial charge in [0, 0.05) is 24.9 Å². The number of benzene rings is 1. The Hall–Kier alpha value is -3.14. The molecule has 3 rings (SSSR count). The quantitative estimate of drug-likeness (QED) is 0.849. The van der Waals surface area contributed by atoms with Crippen molar-refractivity contribution in [1.82, 2.24) is 4.90 Å². The Kier molecular flexibility index (Phi) is 4.05. The average molecular weight is 333 g/mol. The minimum atomic E-state index is -1.66. The molecule has 124 valence electrons. The van der Waals surface area contributed by atoms with Gasteiger partial charge in [0.25, 0.3) is 0 Å². The number of halogens is 1. The summed E-state index contributed by atoms with van der Waals surface area (Å²) in [4.78, 5) is 2.06. The third kappa shape index (κ3) is 2.38. The normalized spacial score (nSPS) is 25.2. The smallest absolute Gasteiger partial charge is 0.191 e. The number of nitrogens with two attached hydrogens (primary N) is 1. The maximum atomic E-state index is 13.4. The van der Waals surface area contributed by atoms with Crippen LogP contribution in [0, 0.1) is 51.1 Å². The van der Waals surface area contributed by atoms with Crippen molar-refractivity contribution in [3.63, 3.8) is 0 Å². The van der Waals surface area contributed by atoms with Gasteiger partial charge in [-0.15, -0.1) is 0 Å². The summed E-state index contributed by atoms with van der Waals surface area (Å²) >= 11 is 0. The molecule has 2 aliphatic rings. The molecule has 0 bridgehead atoms. The molecule has 25 heavy (non-hydrogen) atoms. The van der Waals surface area contributed by atoms with E-state index in [4.69, 9.17) is 5.73 Å². The van der Waals surface area contributed by atoms with Crippen molar-refractivity contribution in [1.29, 1.82) is 15.8 Å². The first-order chi connectivity index (χ1) is 12.0. The molecule has 2 atom stereocenters. The van der Waals surface area contributed by atoms with Gasteiger partial charge in [0.1, 0.15) is 11.9 Å². The van der Waals surface area contributed by atoms with Gasteiger partial charge < -0.3 is 10.6 Å². The first-order valence-corrected chi connectivity index (χ1v) is 7.85. The van der Waals surface area contributed by atoms with Crippen LogP contribution < -0.4 is 5.73 Å². The molecular weight excluding hydrogens is 317 g/mol. The molecule has 0 fully saturated rings. The molecular formula is C19H16FN5. The lowest BCUT2D eigenvalue weighted by Gasteiger charge is -2.45. The number of fused-ring (bicyclic) bond motifs is 1. The summed E-state index contributed by atoms with van der Waals surface area (Å²) in [6.45, 7) is 1.24. The molecule has 1 aliphatic heterocycles. The number of nitrogens with zero attached hydrogens (tertiary/aromatic N) is 4. The Bertz CT molecular complexity index is 878.